The maximum Gasteiger partial charge on any atom is 0.324 e. The van der Waals surface area contributed by atoms with Crippen LogP contribution in [0.4, 0.5) is 5.69 Å². The Morgan fingerprint density at radius 3 is 2.31 bits per heavy atom. The number of hydrogen-bond donors (Lipinski definition) is 2. The number of ether oxygens (including phenoxy) is 1. The highest BCUT2D eigenvalue weighted by atomic mass is 79.9. The van der Waals surface area contributed by atoms with E-state index < -0.39 is 22.0 Å². The molecule has 2 N–H and O–H groups in total. The second kappa shape index (κ2) is 7.56. The minimum atomic E-state index is -3.85. The summed E-state index contributed by atoms with van der Waals surface area (Å²) in [6, 6.07) is 11.7. The number of carbonyl (C=O) groups excluding carboxylic acids is 2. The first-order valence-electron chi connectivity index (χ1n) is 7.71. The molecule has 0 aromatic heterocycles. The molecule has 0 aliphatic carbocycles. The van der Waals surface area contributed by atoms with E-state index in [-0.39, 0.29) is 17.4 Å². The molecular weight excluding hydrogens is 424 g/mol. The molecule has 0 saturated carbocycles. The Kier molecular flexibility index (Phi) is 5.40. The SMILES string of the molecule is O=C(Nc1ccc(S(=O)(=O)N[C@H]2CCOC2=O)cc1)c1ccc(Br)cc1. The minimum Gasteiger partial charge on any atom is -0.464 e. The first kappa shape index (κ1) is 18.6. The van der Waals surface area contributed by atoms with Crippen LogP contribution in [0.5, 0.6) is 0 Å². The van der Waals surface area contributed by atoms with Crippen LogP contribution in [0.2, 0.25) is 0 Å². The van der Waals surface area contributed by atoms with E-state index in [4.69, 9.17) is 4.74 Å². The van der Waals surface area contributed by atoms with Crippen molar-refractivity contribution in [1.82, 2.24) is 4.72 Å². The lowest BCUT2D eigenvalue weighted by Crippen LogP contribution is -2.37. The van der Waals surface area contributed by atoms with Crippen LogP contribution in [-0.4, -0.2) is 32.9 Å². The van der Waals surface area contributed by atoms with Gasteiger partial charge in [-0.1, -0.05) is 15.9 Å². The van der Waals surface area contributed by atoms with Crippen molar-refractivity contribution < 1.29 is 22.7 Å². The van der Waals surface area contributed by atoms with E-state index in [1.54, 1.807) is 24.3 Å². The standard InChI is InChI=1S/C17H15BrN2O5S/c18-12-3-1-11(2-4-12)16(21)19-13-5-7-14(8-6-13)26(23,24)20-15-9-10-25-17(15)22/h1-8,15,20H,9-10H2,(H,19,21)/t15-/m0/s1. The summed E-state index contributed by atoms with van der Waals surface area (Å²) in [5, 5.41) is 2.69. The number of anilines is 1. The van der Waals surface area contributed by atoms with Gasteiger partial charge >= 0.3 is 5.97 Å². The Morgan fingerprint density at radius 1 is 1.08 bits per heavy atom. The Balaban J connectivity index is 1.68. The molecule has 1 atom stereocenters. The van der Waals surface area contributed by atoms with Gasteiger partial charge in [0.25, 0.3) is 5.91 Å². The average molecular weight is 439 g/mol. The summed E-state index contributed by atoms with van der Waals surface area (Å²) in [5.41, 5.74) is 0.934. The van der Waals surface area contributed by atoms with E-state index >= 15 is 0 Å². The van der Waals surface area contributed by atoms with E-state index in [0.717, 1.165) is 4.47 Å². The van der Waals surface area contributed by atoms with Crippen molar-refractivity contribution >= 4 is 43.5 Å². The molecule has 7 nitrogen and oxygen atoms in total. The number of esters is 1. The van der Waals surface area contributed by atoms with Crippen molar-refractivity contribution in [1.29, 1.82) is 0 Å². The molecular formula is C17H15BrN2O5S. The fourth-order valence-electron chi connectivity index (χ4n) is 2.38. The fraction of sp³-hybridized carbons (Fsp3) is 0.176. The number of rotatable bonds is 5. The third-order valence-electron chi connectivity index (χ3n) is 3.76. The van der Waals surface area contributed by atoms with Gasteiger partial charge in [-0.2, -0.15) is 4.72 Å². The number of benzene rings is 2. The van der Waals surface area contributed by atoms with E-state index in [1.807, 2.05) is 0 Å². The van der Waals surface area contributed by atoms with Crippen molar-refractivity contribution in [3.05, 3.63) is 58.6 Å². The number of sulfonamides is 1. The van der Waals surface area contributed by atoms with Gasteiger partial charge in [-0.3, -0.25) is 9.59 Å². The molecule has 1 aliphatic heterocycles. The van der Waals surface area contributed by atoms with Crippen LogP contribution < -0.4 is 10.0 Å². The molecule has 1 fully saturated rings. The third kappa shape index (κ3) is 4.29. The number of carbonyl (C=O) groups is 2. The smallest absolute Gasteiger partial charge is 0.324 e. The fourth-order valence-corrected chi connectivity index (χ4v) is 3.86. The summed E-state index contributed by atoms with van der Waals surface area (Å²) in [4.78, 5) is 23.6. The van der Waals surface area contributed by atoms with Gasteiger partial charge in [-0.25, -0.2) is 8.42 Å². The highest BCUT2D eigenvalue weighted by molar-refractivity contribution is 9.10. The van der Waals surface area contributed by atoms with Crippen molar-refractivity contribution in [3.8, 4) is 0 Å². The lowest BCUT2D eigenvalue weighted by atomic mass is 10.2. The van der Waals surface area contributed by atoms with Gasteiger partial charge in [0.15, 0.2) is 0 Å². The van der Waals surface area contributed by atoms with Crippen LogP contribution >= 0.6 is 15.9 Å². The van der Waals surface area contributed by atoms with E-state index in [9.17, 15) is 18.0 Å². The quantitative estimate of drug-likeness (QED) is 0.697. The minimum absolute atomic E-state index is 0.00107. The van der Waals surface area contributed by atoms with Gasteiger partial charge in [0.1, 0.15) is 6.04 Å². The number of cyclic esters (lactones) is 1. The highest BCUT2D eigenvalue weighted by Crippen LogP contribution is 2.18. The molecule has 1 heterocycles. The number of halogens is 1. The molecule has 3 rings (SSSR count). The topological polar surface area (TPSA) is 102 Å². The predicted octanol–water partition coefficient (Wildman–Crippen LogP) is 2.30. The summed E-state index contributed by atoms with van der Waals surface area (Å²) in [7, 11) is -3.85. The Morgan fingerprint density at radius 2 is 1.73 bits per heavy atom. The van der Waals surface area contributed by atoms with Crippen molar-refractivity contribution in [2.75, 3.05) is 11.9 Å². The third-order valence-corrected chi connectivity index (χ3v) is 5.78. The van der Waals surface area contributed by atoms with Crippen LogP contribution in [0.25, 0.3) is 0 Å². The molecule has 9 heteroatoms. The first-order chi connectivity index (χ1) is 12.3. The van der Waals surface area contributed by atoms with Gasteiger partial charge in [-0.15, -0.1) is 0 Å². The predicted molar refractivity (Wildman–Crippen MR) is 98.2 cm³/mol. The molecule has 0 spiro atoms. The van der Waals surface area contributed by atoms with Crippen LogP contribution in [-0.2, 0) is 19.6 Å². The normalized spacial score (nSPS) is 17.0. The maximum absolute atomic E-state index is 12.3. The monoisotopic (exact) mass is 438 g/mol. The van der Waals surface area contributed by atoms with Gasteiger partial charge in [0.05, 0.1) is 11.5 Å². The van der Waals surface area contributed by atoms with Crippen molar-refractivity contribution in [2.24, 2.45) is 0 Å². The molecule has 0 unspecified atom stereocenters. The molecule has 136 valence electrons. The summed E-state index contributed by atoms with van der Waals surface area (Å²) >= 11 is 3.30. The van der Waals surface area contributed by atoms with Gasteiger partial charge in [0.2, 0.25) is 10.0 Å². The molecule has 1 saturated heterocycles. The maximum atomic E-state index is 12.3. The molecule has 2 aromatic rings. The van der Waals surface area contributed by atoms with Crippen molar-refractivity contribution in [3.63, 3.8) is 0 Å². The Labute approximate surface area is 158 Å². The lowest BCUT2D eigenvalue weighted by molar-refractivity contribution is -0.139. The van der Waals surface area contributed by atoms with E-state index in [2.05, 4.69) is 26.0 Å². The average Bonchev–Trinajstić information content (AvgIpc) is 3.00. The van der Waals surface area contributed by atoms with Gasteiger partial charge < -0.3 is 10.1 Å². The number of hydrogen-bond acceptors (Lipinski definition) is 5. The Hall–Kier alpha value is -2.23. The zero-order chi connectivity index (χ0) is 18.7. The van der Waals surface area contributed by atoms with E-state index in [0.29, 0.717) is 17.7 Å². The molecule has 26 heavy (non-hydrogen) atoms. The van der Waals surface area contributed by atoms with E-state index in [1.165, 1.54) is 24.3 Å². The summed E-state index contributed by atoms with van der Waals surface area (Å²) < 4.78 is 32.5. The molecule has 1 amide bonds. The molecule has 1 aliphatic rings. The summed E-state index contributed by atoms with van der Waals surface area (Å²) in [6.07, 6.45) is 0.305. The number of nitrogens with one attached hydrogen (secondary N) is 2. The number of amides is 1. The van der Waals surface area contributed by atoms with Crippen LogP contribution in [0.1, 0.15) is 16.8 Å². The van der Waals surface area contributed by atoms with Crippen molar-refractivity contribution in [2.45, 2.75) is 17.4 Å². The zero-order valence-corrected chi connectivity index (χ0v) is 15.8. The van der Waals surface area contributed by atoms with Crippen LogP contribution in [0.3, 0.4) is 0 Å². The largest absolute Gasteiger partial charge is 0.464 e. The second-order valence-electron chi connectivity index (χ2n) is 5.62. The Bertz CT molecular complexity index is 927. The van der Waals surface area contributed by atoms with Gasteiger partial charge in [-0.05, 0) is 48.5 Å². The molecule has 0 bridgehead atoms. The second-order valence-corrected chi connectivity index (χ2v) is 8.25. The highest BCUT2D eigenvalue weighted by Gasteiger charge is 2.31. The summed E-state index contributed by atoms with van der Waals surface area (Å²) in [5.74, 6) is -0.883. The molecule has 0 radical (unpaired) electrons. The molecule has 2 aromatic carbocycles. The first-order valence-corrected chi connectivity index (χ1v) is 9.99. The summed E-state index contributed by atoms with van der Waals surface area (Å²) in [6.45, 7) is 0.201. The zero-order valence-electron chi connectivity index (χ0n) is 13.4. The van der Waals surface area contributed by atoms with Gasteiger partial charge in [0, 0.05) is 22.1 Å². The lowest BCUT2D eigenvalue weighted by Gasteiger charge is -2.11. The van der Waals surface area contributed by atoms with Crippen LogP contribution in [0.15, 0.2) is 57.9 Å². The van der Waals surface area contributed by atoms with Crippen LogP contribution in [0, 0.1) is 0 Å².